The van der Waals surface area contributed by atoms with Gasteiger partial charge in [-0.15, -0.1) is 0 Å². The van der Waals surface area contributed by atoms with Gasteiger partial charge in [-0.25, -0.2) is 4.98 Å². The first-order chi connectivity index (χ1) is 7.88. The zero-order chi connectivity index (χ0) is 11.2. The molecule has 0 saturated carbocycles. The highest BCUT2D eigenvalue weighted by Gasteiger charge is 1.97. The van der Waals surface area contributed by atoms with Crippen molar-refractivity contribution in [1.82, 2.24) is 25.1 Å². The van der Waals surface area contributed by atoms with Gasteiger partial charge in [-0.2, -0.15) is 5.10 Å². The number of rotatable bonds is 6. The number of hydrogen-bond acceptors (Lipinski definition) is 3. The number of aromatic amines is 1. The minimum absolute atomic E-state index is 0.862. The number of imidazole rings is 1. The molecule has 0 unspecified atom stereocenters. The monoisotopic (exact) mass is 219 g/mol. The molecule has 0 fully saturated rings. The van der Waals surface area contributed by atoms with E-state index in [2.05, 4.69) is 33.5 Å². The number of nitrogens with zero attached hydrogens (tertiary/aromatic N) is 3. The number of nitrogens with one attached hydrogen (secondary N) is 2. The van der Waals surface area contributed by atoms with Crippen molar-refractivity contribution in [3.8, 4) is 0 Å². The average Bonchev–Trinajstić information content (AvgIpc) is 2.95. The zero-order valence-corrected chi connectivity index (χ0v) is 9.48. The van der Waals surface area contributed by atoms with Crippen LogP contribution in [-0.2, 0) is 19.5 Å². The molecule has 0 spiro atoms. The van der Waals surface area contributed by atoms with Crippen molar-refractivity contribution < 1.29 is 0 Å². The Morgan fingerprint density at radius 3 is 3.12 bits per heavy atom. The van der Waals surface area contributed by atoms with Gasteiger partial charge in [0.05, 0.1) is 6.20 Å². The Bertz CT molecular complexity index is 404. The van der Waals surface area contributed by atoms with Gasteiger partial charge >= 0.3 is 0 Å². The standard InChI is InChI=1S/C11H17N5/c1-2-16-9-10(8-15-16)7-12-4-3-11-13-5-6-14-11/h5-6,8-9,12H,2-4,7H2,1H3,(H,13,14). The third kappa shape index (κ3) is 2.93. The van der Waals surface area contributed by atoms with Crippen LogP contribution in [0.25, 0.3) is 0 Å². The molecule has 5 heteroatoms. The predicted molar refractivity (Wildman–Crippen MR) is 61.9 cm³/mol. The van der Waals surface area contributed by atoms with Gasteiger partial charge in [0.2, 0.25) is 0 Å². The quantitative estimate of drug-likeness (QED) is 0.711. The van der Waals surface area contributed by atoms with E-state index in [1.807, 2.05) is 17.1 Å². The topological polar surface area (TPSA) is 58.5 Å². The first-order valence-corrected chi connectivity index (χ1v) is 5.59. The molecule has 0 aliphatic heterocycles. The maximum Gasteiger partial charge on any atom is 0.107 e. The van der Waals surface area contributed by atoms with Gasteiger partial charge in [0.15, 0.2) is 0 Å². The van der Waals surface area contributed by atoms with E-state index >= 15 is 0 Å². The lowest BCUT2D eigenvalue weighted by atomic mass is 10.3. The molecule has 2 heterocycles. The van der Waals surface area contributed by atoms with E-state index in [1.165, 1.54) is 5.56 Å². The highest BCUT2D eigenvalue weighted by molar-refractivity contribution is 5.03. The second kappa shape index (κ2) is 5.46. The Morgan fingerprint density at radius 2 is 2.44 bits per heavy atom. The summed E-state index contributed by atoms with van der Waals surface area (Å²) >= 11 is 0. The third-order valence-electron chi connectivity index (χ3n) is 2.43. The highest BCUT2D eigenvalue weighted by atomic mass is 15.3. The number of aromatic nitrogens is 4. The fraction of sp³-hybridized carbons (Fsp3) is 0.455. The number of H-pyrrole nitrogens is 1. The average molecular weight is 219 g/mol. The molecule has 5 nitrogen and oxygen atoms in total. The highest BCUT2D eigenvalue weighted by Crippen LogP contribution is 1.97. The normalized spacial score (nSPS) is 10.8. The van der Waals surface area contributed by atoms with Crippen molar-refractivity contribution >= 4 is 0 Å². The van der Waals surface area contributed by atoms with Crippen molar-refractivity contribution in [1.29, 1.82) is 0 Å². The van der Waals surface area contributed by atoms with Crippen LogP contribution >= 0.6 is 0 Å². The number of aryl methyl sites for hydroxylation is 1. The van der Waals surface area contributed by atoms with E-state index in [1.54, 1.807) is 6.20 Å². The van der Waals surface area contributed by atoms with E-state index in [0.29, 0.717) is 0 Å². The van der Waals surface area contributed by atoms with Gasteiger partial charge in [0.25, 0.3) is 0 Å². The molecule has 16 heavy (non-hydrogen) atoms. The van der Waals surface area contributed by atoms with E-state index in [4.69, 9.17) is 0 Å². The molecule has 2 aromatic rings. The lowest BCUT2D eigenvalue weighted by Gasteiger charge is -2.00. The fourth-order valence-corrected chi connectivity index (χ4v) is 1.54. The molecule has 2 aromatic heterocycles. The molecule has 2 N–H and O–H groups in total. The summed E-state index contributed by atoms with van der Waals surface area (Å²) in [5.41, 5.74) is 1.22. The summed E-state index contributed by atoms with van der Waals surface area (Å²) in [4.78, 5) is 7.25. The van der Waals surface area contributed by atoms with Gasteiger partial charge in [-0.3, -0.25) is 4.68 Å². The Morgan fingerprint density at radius 1 is 1.50 bits per heavy atom. The minimum atomic E-state index is 0.862. The van der Waals surface area contributed by atoms with Gasteiger partial charge < -0.3 is 10.3 Å². The first kappa shape index (κ1) is 10.9. The van der Waals surface area contributed by atoms with Crippen LogP contribution in [0.2, 0.25) is 0 Å². The minimum Gasteiger partial charge on any atom is -0.349 e. The fourth-order valence-electron chi connectivity index (χ4n) is 1.54. The van der Waals surface area contributed by atoms with Crippen molar-refractivity contribution in [2.45, 2.75) is 26.4 Å². The Balaban J connectivity index is 1.68. The van der Waals surface area contributed by atoms with Crippen LogP contribution in [0.15, 0.2) is 24.8 Å². The molecule has 0 bridgehead atoms. The molecule has 86 valence electrons. The summed E-state index contributed by atoms with van der Waals surface area (Å²) in [6.07, 6.45) is 8.53. The second-order valence-corrected chi connectivity index (χ2v) is 3.67. The van der Waals surface area contributed by atoms with Gasteiger partial charge in [-0.05, 0) is 6.92 Å². The summed E-state index contributed by atoms with van der Waals surface area (Å²) in [6, 6.07) is 0. The Hall–Kier alpha value is -1.62. The van der Waals surface area contributed by atoms with Crippen molar-refractivity contribution in [2.75, 3.05) is 6.54 Å². The lowest BCUT2D eigenvalue weighted by Crippen LogP contribution is -2.16. The van der Waals surface area contributed by atoms with Crippen molar-refractivity contribution in [3.05, 3.63) is 36.2 Å². The van der Waals surface area contributed by atoms with Crippen molar-refractivity contribution in [2.24, 2.45) is 0 Å². The van der Waals surface area contributed by atoms with Crippen LogP contribution in [0.3, 0.4) is 0 Å². The van der Waals surface area contributed by atoms with Crippen LogP contribution in [0, 0.1) is 0 Å². The predicted octanol–water partition coefficient (Wildman–Crippen LogP) is 0.958. The van der Waals surface area contributed by atoms with E-state index in [9.17, 15) is 0 Å². The van der Waals surface area contributed by atoms with E-state index < -0.39 is 0 Å². The molecule has 0 atom stereocenters. The molecule has 0 amide bonds. The largest absolute Gasteiger partial charge is 0.349 e. The van der Waals surface area contributed by atoms with Crippen LogP contribution in [0.1, 0.15) is 18.3 Å². The molecule has 0 aliphatic carbocycles. The van der Waals surface area contributed by atoms with Crippen LogP contribution < -0.4 is 5.32 Å². The molecule has 0 radical (unpaired) electrons. The molecule has 0 aliphatic rings. The smallest absolute Gasteiger partial charge is 0.107 e. The third-order valence-corrected chi connectivity index (χ3v) is 2.43. The molecule has 2 rings (SSSR count). The molecule has 0 saturated heterocycles. The maximum absolute atomic E-state index is 4.22. The van der Waals surface area contributed by atoms with Crippen molar-refractivity contribution in [3.63, 3.8) is 0 Å². The van der Waals surface area contributed by atoms with Crippen LogP contribution in [0.5, 0.6) is 0 Å². The molecular weight excluding hydrogens is 202 g/mol. The van der Waals surface area contributed by atoms with Crippen LogP contribution in [-0.4, -0.2) is 26.3 Å². The Labute approximate surface area is 94.9 Å². The summed E-state index contributed by atoms with van der Waals surface area (Å²) in [5.74, 6) is 1.02. The Kier molecular flexibility index (Phi) is 3.71. The summed E-state index contributed by atoms with van der Waals surface area (Å²) < 4.78 is 1.93. The SMILES string of the molecule is CCn1cc(CNCCc2ncc[nH]2)cn1. The van der Waals surface area contributed by atoms with E-state index in [-0.39, 0.29) is 0 Å². The first-order valence-electron chi connectivity index (χ1n) is 5.59. The van der Waals surface area contributed by atoms with Crippen LogP contribution in [0.4, 0.5) is 0 Å². The molecular formula is C11H17N5. The summed E-state index contributed by atoms with van der Waals surface area (Å²) in [6.45, 7) is 4.79. The maximum atomic E-state index is 4.22. The second-order valence-electron chi connectivity index (χ2n) is 3.67. The van der Waals surface area contributed by atoms with Gasteiger partial charge in [0, 0.05) is 50.2 Å². The summed E-state index contributed by atoms with van der Waals surface area (Å²) in [7, 11) is 0. The van der Waals surface area contributed by atoms with Gasteiger partial charge in [-0.1, -0.05) is 0 Å². The summed E-state index contributed by atoms with van der Waals surface area (Å²) in [5, 5.41) is 7.59. The van der Waals surface area contributed by atoms with Gasteiger partial charge in [0.1, 0.15) is 5.82 Å². The lowest BCUT2D eigenvalue weighted by molar-refractivity contribution is 0.653. The molecule has 0 aromatic carbocycles. The number of hydrogen-bond donors (Lipinski definition) is 2. The zero-order valence-electron chi connectivity index (χ0n) is 9.48. The van der Waals surface area contributed by atoms with E-state index in [0.717, 1.165) is 31.9 Å².